The van der Waals surface area contributed by atoms with Gasteiger partial charge in [0, 0.05) is 23.1 Å². The Kier molecular flexibility index (Phi) is 7.70. The number of methoxy groups -OCH3 is 1. The van der Waals surface area contributed by atoms with Crippen molar-refractivity contribution >= 4 is 34.7 Å². The van der Waals surface area contributed by atoms with Gasteiger partial charge < -0.3 is 14.5 Å². The normalized spacial score (nSPS) is 10.8. The molecule has 0 saturated carbocycles. The van der Waals surface area contributed by atoms with Crippen LogP contribution in [-0.4, -0.2) is 35.1 Å². The first-order chi connectivity index (χ1) is 20.4. The molecule has 42 heavy (non-hydrogen) atoms. The van der Waals surface area contributed by atoms with E-state index in [9.17, 15) is 25.0 Å². The van der Waals surface area contributed by atoms with Gasteiger partial charge in [-0.3, -0.25) is 14.9 Å². The third-order valence-corrected chi connectivity index (χ3v) is 6.33. The Balaban J connectivity index is 1.34. The molecule has 0 fully saturated rings. The SMILES string of the molecule is COc1cc(C=NNC(=O)c2[nH]c3c(C#N)cccc3c2-c2ccccc2)ccc1OC(=O)c1ccc([N+](=O)[O-])cc1. The molecule has 11 heteroatoms. The number of non-ortho nitro benzene ring substituents is 1. The second kappa shape index (κ2) is 11.8. The lowest BCUT2D eigenvalue weighted by atomic mass is 10.0. The number of H-pyrrole nitrogens is 1. The van der Waals surface area contributed by atoms with Gasteiger partial charge in [0.25, 0.3) is 11.6 Å². The van der Waals surface area contributed by atoms with Gasteiger partial charge in [0.05, 0.1) is 34.9 Å². The first kappa shape index (κ1) is 27.3. The number of nitro groups is 1. The maximum Gasteiger partial charge on any atom is 0.343 e. The molecule has 0 unspecified atom stereocenters. The van der Waals surface area contributed by atoms with Crippen LogP contribution < -0.4 is 14.9 Å². The molecule has 0 aliphatic rings. The molecule has 1 heterocycles. The quantitative estimate of drug-likeness (QED) is 0.0822. The molecule has 1 aromatic heterocycles. The van der Waals surface area contributed by atoms with E-state index in [2.05, 4.69) is 21.6 Å². The lowest BCUT2D eigenvalue weighted by molar-refractivity contribution is -0.384. The summed E-state index contributed by atoms with van der Waals surface area (Å²) in [6.45, 7) is 0. The van der Waals surface area contributed by atoms with Gasteiger partial charge in [-0.1, -0.05) is 42.5 Å². The fourth-order valence-electron chi connectivity index (χ4n) is 4.33. The number of nitrogens with one attached hydrogen (secondary N) is 2. The second-order valence-corrected chi connectivity index (χ2v) is 8.88. The van der Waals surface area contributed by atoms with Gasteiger partial charge in [-0.05, 0) is 47.5 Å². The topological polar surface area (TPSA) is 160 Å². The number of fused-ring (bicyclic) bond motifs is 1. The minimum absolute atomic E-state index is 0.126. The smallest absolute Gasteiger partial charge is 0.343 e. The fraction of sp³-hybridized carbons (Fsp3) is 0.0323. The number of hydrogen-bond acceptors (Lipinski definition) is 8. The molecule has 206 valence electrons. The number of carbonyl (C=O) groups excluding carboxylic acids is 2. The van der Waals surface area contributed by atoms with E-state index in [0.717, 1.165) is 10.9 Å². The van der Waals surface area contributed by atoms with Gasteiger partial charge in [-0.2, -0.15) is 10.4 Å². The number of nitrogens with zero attached hydrogens (tertiary/aromatic N) is 3. The Morgan fingerprint density at radius 2 is 1.76 bits per heavy atom. The summed E-state index contributed by atoms with van der Waals surface area (Å²) >= 11 is 0. The number of nitriles is 1. The number of rotatable bonds is 8. The van der Waals surface area contributed by atoms with Gasteiger partial charge in [0.15, 0.2) is 11.5 Å². The van der Waals surface area contributed by atoms with Crippen molar-refractivity contribution in [2.75, 3.05) is 7.11 Å². The Morgan fingerprint density at radius 3 is 2.45 bits per heavy atom. The van der Waals surface area contributed by atoms with Gasteiger partial charge in [0.1, 0.15) is 11.8 Å². The lowest BCUT2D eigenvalue weighted by Crippen LogP contribution is -2.18. The Bertz CT molecular complexity index is 1890. The molecule has 0 spiro atoms. The highest BCUT2D eigenvalue weighted by Crippen LogP contribution is 2.34. The number of para-hydroxylation sites is 1. The number of ether oxygens (including phenoxy) is 2. The summed E-state index contributed by atoms with van der Waals surface area (Å²) in [5, 5.41) is 25.2. The van der Waals surface area contributed by atoms with Crippen molar-refractivity contribution in [1.82, 2.24) is 10.4 Å². The third kappa shape index (κ3) is 5.54. The summed E-state index contributed by atoms with van der Waals surface area (Å²) in [6.07, 6.45) is 1.40. The van der Waals surface area contributed by atoms with E-state index in [4.69, 9.17) is 9.47 Å². The van der Waals surface area contributed by atoms with Crippen molar-refractivity contribution in [2.45, 2.75) is 0 Å². The number of carbonyl (C=O) groups is 2. The van der Waals surface area contributed by atoms with Gasteiger partial charge in [0.2, 0.25) is 0 Å². The van der Waals surface area contributed by atoms with Crippen LogP contribution in [-0.2, 0) is 0 Å². The summed E-state index contributed by atoms with van der Waals surface area (Å²) in [7, 11) is 1.40. The van der Waals surface area contributed by atoms with Crippen LogP contribution in [0, 0.1) is 21.4 Å². The van der Waals surface area contributed by atoms with Crippen molar-refractivity contribution < 1.29 is 24.0 Å². The predicted molar refractivity (Wildman–Crippen MR) is 155 cm³/mol. The third-order valence-electron chi connectivity index (χ3n) is 6.33. The molecule has 0 aliphatic heterocycles. The molecule has 0 saturated heterocycles. The van der Waals surface area contributed by atoms with Crippen LogP contribution in [0.4, 0.5) is 5.69 Å². The van der Waals surface area contributed by atoms with E-state index in [-0.39, 0.29) is 28.4 Å². The number of nitro benzene ring substituents is 1. The number of aromatic nitrogens is 1. The average Bonchev–Trinajstić information content (AvgIpc) is 3.42. The minimum Gasteiger partial charge on any atom is -0.493 e. The predicted octanol–water partition coefficient (Wildman–Crippen LogP) is 5.61. The number of aromatic amines is 1. The second-order valence-electron chi connectivity index (χ2n) is 8.88. The zero-order valence-corrected chi connectivity index (χ0v) is 22.0. The maximum absolute atomic E-state index is 13.2. The molecule has 2 N–H and O–H groups in total. The summed E-state index contributed by atoms with van der Waals surface area (Å²) in [5.41, 5.74) is 5.70. The molecular weight excluding hydrogens is 538 g/mol. The van der Waals surface area contributed by atoms with Crippen molar-refractivity contribution in [3.63, 3.8) is 0 Å². The summed E-state index contributed by atoms with van der Waals surface area (Å²) in [6, 6.07) is 26.5. The molecule has 0 aliphatic carbocycles. The molecular formula is C31H21N5O6. The van der Waals surface area contributed by atoms with Crippen molar-refractivity contribution in [3.8, 4) is 28.7 Å². The first-order valence-electron chi connectivity index (χ1n) is 12.5. The van der Waals surface area contributed by atoms with Crippen LogP contribution in [0.5, 0.6) is 11.5 Å². The van der Waals surface area contributed by atoms with Crippen LogP contribution in [0.15, 0.2) is 96.1 Å². The van der Waals surface area contributed by atoms with Crippen LogP contribution in [0.1, 0.15) is 32.0 Å². The number of esters is 1. The summed E-state index contributed by atoms with van der Waals surface area (Å²) in [4.78, 5) is 39.1. The number of hydrazone groups is 1. The van der Waals surface area contributed by atoms with E-state index < -0.39 is 16.8 Å². The van der Waals surface area contributed by atoms with E-state index in [1.54, 1.807) is 24.3 Å². The molecule has 5 aromatic rings. The minimum atomic E-state index is -0.719. The molecule has 0 radical (unpaired) electrons. The van der Waals surface area contributed by atoms with Crippen LogP contribution >= 0.6 is 0 Å². The highest BCUT2D eigenvalue weighted by Gasteiger charge is 2.20. The Morgan fingerprint density at radius 1 is 1.00 bits per heavy atom. The Labute approximate surface area is 238 Å². The standard InChI is InChI=1S/C31H21N5O6/c1-41-26-16-19(10-15-25(26)42-31(38)21-11-13-23(14-12-21)36(39)40)18-33-35-30(37)29-27(20-6-3-2-4-7-20)24-9-5-8-22(17-32)28(24)34-29/h2-16,18,34H,1H3,(H,35,37). The van der Waals surface area contributed by atoms with Crippen molar-refractivity contribution in [2.24, 2.45) is 5.10 Å². The first-order valence-corrected chi connectivity index (χ1v) is 12.5. The van der Waals surface area contributed by atoms with Crippen molar-refractivity contribution in [1.29, 1.82) is 5.26 Å². The van der Waals surface area contributed by atoms with Gasteiger partial charge in [-0.25, -0.2) is 10.2 Å². The van der Waals surface area contributed by atoms with E-state index >= 15 is 0 Å². The maximum atomic E-state index is 13.2. The number of benzene rings is 4. The molecule has 1 amide bonds. The van der Waals surface area contributed by atoms with Crippen LogP contribution in [0.2, 0.25) is 0 Å². The highest BCUT2D eigenvalue weighted by molar-refractivity contribution is 6.10. The molecule has 4 aromatic carbocycles. The van der Waals surface area contributed by atoms with E-state index in [1.165, 1.54) is 43.7 Å². The molecule has 5 rings (SSSR count). The van der Waals surface area contributed by atoms with Crippen molar-refractivity contribution in [3.05, 3.63) is 123 Å². The number of hydrogen-bond donors (Lipinski definition) is 2. The molecule has 11 nitrogen and oxygen atoms in total. The number of amides is 1. The molecule has 0 bridgehead atoms. The monoisotopic (exact) mass is 559 g/mol. The summed E-state index contributed by atoms with van der Waals surface area (Å²) < 4.78 is 10.7. The molecule has 0 atom stereocenters. The zero-order valence-electron chi connectivity index (χ0n) is 22.0. The van der Waals surface area contributed by atoms with Crippen LogP contribution in [0.3, 0.4) is 0 Å². The lowest BCUT2D eigenvalue weighted by Gasteiger charge is -2.10. The van der Waals surface area contributed by atoms with Gasteiger partial charge in [-0.15, -0.1) is 0 Å². The van der Waals surface area contributed by atoms with E-state index in [1.807, 2.05) is 36.4 Å². The zero-order chi connectivity index (χ0) is 29.6. The highest BCUT2D eigenvalue weighted by atomic mass is 16.6. The fourth-order valence-corrected chi connectivity index (χ4v) is 4.33. The Hall–Kier alpha value is -6.28. The van der Waals surface area contributed by atoms with Gasteiger partial charge >= 0.3 is 5.97 Å². The van der Waals surface area contributed by atoms with Crippen LogP contribution in [0.25, 0.3) is 22.0 Å². The summed E-state index contributed by atoms with van der Waals surface area (Å²) in [5.74, 6) is -0.873. The van der Waals surface area contributed by atoms with E-state index in [0.29, 0.717) is 22.2 Å². The average molecular weight is 560 g/mol. The largest absolute Gasteiger partial charge is 0.493 e.